The molecule has 3 N–H and O–H groups in total. The molecule has 0 saturated carbocycles. The zero-order valence-electron chi connectivity index (χ0n) is 8.79. The Hall–Kier alpha value is -0.220. The maximum Gasteiger partial charge on any atom is 0.233 e. The van der Waals surface area contributed by atoms with Crippen LogP contribution in [0.5, 0.6) is 0 Å². The molecule has 4 heteroatoms. The molecule has 1 aliphatic heterocycles. The first-order valence-electron chi connectivity index (χ1n) is 5.40. The number of hydrogen-bond acceptors (Lipinski definition) is 3. The van der Waals surface area contributed by atoms with E-state index in [2.05, 4.69) is 5.32 Å². The Morgan fingerprint density at radius 3 is 2.93 bits per heavy atom. The zero-order valence-corrected chi connectivity index (χ0v) is 9.61. The molecule has 0 radical (unpaired) electrons. The van der Waals surface area contributed by atoms with Gasteiger partial charge in [0.15, 0.2) is 0 Å². The van der Waals surface area contributed by atoms with Crippen molar-refractivity contribution in [3.8, 4) is 0 Å². The topological polar surface area (TPSA) is 55.1 Å². The predicted molar refractivity (Wildman–Crippen MR) is 61.4 cm³/mol. The lowest BCUT2D eigenvalue weighted by atomic mass is 10.1. The summed E-state index contributed by atoms with van der Waals surface area (Å²) in [5.74, 6) is 1.31. The number of rotatable bonds is 4. The Balaban J connectivity index is 2.32. The molecule has 0 aromatic carbocycles. The van der Waals surface area contributed by atoms with Gasteiger partial charge in [0.05, 0.1) is 5.25 Å². The summed E-state index contributed by atoms with van der Waals surface area (Å²) in [7, 11) is 0. The number of nitrogens with one attached hydrogen (secondary N) is 1. The Morgan fingerprint density at radius 2 is 2.43 bits per heavy atom. The molecule has 0 aromatic heterocycles. The summed E-state index contributed by atoms with van der Waals surface area (Å²) in [6.45, 7) is 2.59. The summed E-state index contributed by atoms with van der Waals surface area (Å²) in [6.07, 6.45) is 4.38. The van der Waals surface area contributed by atoms with Gasteiger partial charge in [0.1, 0.15) is 0 Å². The Kier molecular flexibility index (Phi) is 5.33. The summed E-state index contributed by atoms with van der Waals surface area (Å²) in [4.78, 5) is 11.7. The van der Waals surface area contributed by atoms with Gasteiger partial charge in [0, 0.05) is 12.6 Å². The van der Waals surface area contributed by atoms with Gasteiger partial charge in [-0.15, -0.1) is 11.8 Å². The van der Waals surface area contributed by atoms with E-state index in [4.69, 9.17) is 5.73 Å². The van der Waals surface area contributed by atoms with Gasteiger partial charge < -0.3 is 11.1 Å². The van der Waals surface area contributed by atoms with Gasteiger partial charge in [-0.05, 0) is 25.0 Å². The fourth-order valence-electron chi connectivity index (χ4n) is 1.57. The van der Waals surface area contributed by atoms with Crippen molar-refractivity contribution in [3.63, 3.8) is 0 Å². The minimum atomic E-state index is 0.157. The van der Waals surface area contributed by atoms with Crippen LogP contribution in [-0.2, 0) is 4.79 Å². The molecule has 1 heterocycles. The van der Waals surface area contributed by atoms with Gasteiger partial charge in [-0.25, -0.2) is 0 Å². The highest BCUT2D eigenvalue weighted by molar-refractivity contribution is 8.00. The number of carbonyl (C=O) groups is 1. The van der Waals surface area contributed by atoms with Crippen molar-refractivity contribution >= 4 is 17.7 Å². The first-order valence-corrected chi connectivity index (χ1v) is 6.44. The third-order valence-corrected chi connectivity index (χ3v) is 3.97. The summed E-state index contributed by atoms with van der Waals surface area (Å²) in [5, 5.41) is 3.17. The zero-order chi connectivity index (χ0) is 10.4. The number of thioether (sulfide) groups is 1. The summed E-state index contributed by atoms with van der Waals surface area (Å²) >= 11 is 1.78. The van der Waals surface area contributed by atoms with Crippen LogP contribution in [0.2, 0.25) is 0 Å². The van der Waals surface area contributed by atoms with Crippen LogP contribution in [0.15, 0.2) is 0 Å². The largest absolute Gasteiger partial charge is 0.351 e. The van der Waals surface area contributed by atoms with E-state index in [0.29, 0.717) is 6.54 Å². The van der Waals surface area contributed by atoms with Gasteiger partial charge in [0.25, 0.3) is 0 Å². The van der Waals surface area contributed by atoms with E-state index in [9.17, 15) is 4.79 Å². The molecule has 1 saturated heterocycles. The highest BCUT2D eigenvalue weighted by Crippen LogP contribution is 2.25. The van der Waals surface area contributed by atoms with Gasteiger partial charge in [0.2, 0.25) is 5.91 Å². The second-order valence-electron chi connectivity index (χ2n) is 3.70. The van der Waals surface area contributed by atoms with E-state index in [-0.39, 0.29) is 17.2 Å². The molecule has 1 aliphatic rings. The number of hydrogen-bond donors (Lipinski definition) is 2. The lowest BCUT2D eigenvalue weighted by Crippen LogP contribution is -2.44. The average Bonchev–Trinajstić information content (AvgIpc) is 2.26. The smallest absolute Gasteiger partial charge is 0.233 e. The fraction of sp³-hybridized carbons (Fsp3) is 0.900. The molecule has 0 spiro atoms. The van der Waals surface area contributed by atoms with Crippen LogP contribution in [0.3, 0.4) is 0 Å². The number of amides is 1. The average molecular weight is 216 g/mol. The molecule has 0 bridgehead atoms. The summed E-state index contributed by atoms with van der Waals surface area (Å²) in [5.41, 5.74) is 5.54. The normalized spacial score (nSPS) is 24.3. The minimum absolute atomic E-state index is 0.157. The van der Waals surface area contributed by atoms with Crippen molar-refractivity contribution in [2.24, 2.45) is 5.73 Å². The van der Waals surface area contributed by atoms with Gasteiger partial charge in [-0.3, -0.25) is 4.79 Å². The molecule has 14 heavy (non-hydrogen) atoms. The molecular formula is C10H20N2OS. The number of nitrogens with two attached hydrogens (primary N) is 1. The highest BCUT2D eigenvalue weighted by atomic mass is 32.2. The van der Waals surface area contributed by atoms with E-state index in [1.54, 1.807) is 11.8 Å². The van der Waals surface area contributed by atoms with Crippen LogP contribution >= 0.6 is 11.8 Å². The lowest BCUT2D eigenvalue weighted by molar-refractivity contribution is -0.121. The molecule has 1 amide bonds. The Bertz CT molecular complexity index is 177. The van der Waals surface area contributed by atoms with E-state index >= 15 is 0 Å². The van der Waals surface area contributed by atoms with Gasteiger partial charge in [-0.2, -0.15) is 0 Å². The quantitative estimate of drug-likeness (QED) is 0.740. The van der Waals surface area contributed by atoms with Crippen molar-refractivity contribution < 1.29 is 4.79 Å². The van der Waals surface area contributed by atoms with Crippen molar-refractivity contribution in [2.75, 3.05) is 12.3 Å². The Labute approximate surface area is 90.2 Å². The molecule has 1 rings (SSSR count). The van der Waals surface area contributed by atoms with Gasteiger partial charge in [-0.1, -0.05) is 13.3 Å². The SMILES string of the molecule is CCC(CN)NC(=O)C1CCCCS1. The van der Waals surface area contributed by atoms with Crippen molar-refractivity contribution in [2.45, 2.75) is 43.9 Å². The second-order valence-corrected chi connectivity index (χ2v) is 5.02. The van der Waals surface area contributed by atoms with Crippen LogP contribution in [0, 0.1) is 0 Å². The van der Waals surface area contributed by atoms with Gasteiger partial charge >= 0.3 is 0 Å². The summed E-state index contributed by atoms with van der Waals surface area (Å²) < 4.78 is 0. The molecule has 2 atom stereocenters. The van der Waals surface area contributed by atoms with Crippen LogP contribution in [0.4, 0.5) is 0 Å². The van der Waals surface area contributed by atoms with Crippen molar-refractivity contribution in [3.05, 3.63) is 0 Å². The second kappa shape index (κ2) is 6.30. The predicted octanol–water partition coefficient (Wildman–Crippen LogP) is 1.13. The molecule has 3 nitrogen and oxygen atoms in total. The van der Waals surface area contributed by atoms with Crippen LogP contribution < -0.4 is 11.1 Å². The lowest BCUT2D eigenvalue weighted by Gasteiger charge is -2.23. The first kappa shape index (κ1) is 11.9. The van der Waals surface area contributed by atoms with E-state index in [1.165, 1.54) is 12.8 Å². The van der Waals surface area contributed by atoms with E-state index in [1.807, 2.05) is 6.92 Å². The molecule has 82 valence electrons. The van der Waals surface area contributed by atoms with Crippen molar-refractivity contribution in [1.29, 1.82) is 0 Å². The molecule has 0 aliphatic carbocycles. The molecular weight excluding hydrogens is 196 g/mol. The molecule has 1 fully saturated rings. The molecule has 2 unspecified atom stereocenters. The molecule has 0 aromatic rings. The first-order chi connectivity index (χ1) is 6.77. The maximum atomic E-state index is 11.7. The van der Waals surface area contributed by atoms with E-state index < -0.39 is 0 Å². The van der Waals surface area contributed by atoms with E-state index in [0.717, 1.165) is 18.6 Å². The minimum Gasteiger partial charge on any atom is -0.351 e. The van der Waals surface area contributed by atoms with Crippen LogP contribution in [-0.4, -0.2) is 29.5 Å². The van der Waals surface area contributed by atoms with Crippen LogP contribution in [0.1, 0.15) is 32.6 Å². The Morgan fingerprint density at radius 1 is 1.64 bits per heavy atom. The highest BCUT2D eigenvalue weighted by Gasteiger charge is 2.22. The standard InChI is InChI=1S/C10H20N2OS/c1-2-8(7-11)12-10(13)9-5-3-4-6-14-9/h8-9H,2-7,11H2,1H3,(H,12,13). The fourth-order valence-corrected chi connectivity index (χ4v) is 2.78. The monoisotopic (exact) mass is 216 g/mol. The third kappa shape index (κ3) is 3.50. The maximum absolute atomic E-state index is 11.7. The number of carbonyl (C=O) groups excluding carboxylic acids is 1. The third-order valence-electron chi connectivity index (χ3n) is 2.60. The van der Waals surface area contributed by atoms with Crippen LogP contribution in [0.25, 0.3) is 0 Å². The van der Waals surface area contributed by atoms with Crippen molar-refractivity contribution in [1.82, 2.24) is 5.32 Å². The summed E-state index contributed by atoms with van der Waals surface area (Å²) in [6, 6.07) is 0.157.